The number of nitrogens with two attached hydrogens (primary N) is 1. The molecule has 0 unspecified atom stereocenters. The quantitative estimate of drug-likeness (QED) is 0.428. The lowest BCUT2D eigenvalue weighted by Crippen LogP contribution is -2.40. The third-order valence-corrected chi connectivity index (χ3v) is 6.15. The lowest BCUT2D eigenvalue weighted by atomic mass is 9.96. The molecule has 0 bridgehead atoms. The summed E-state index contributed by atoms with van der Waals surface area (Å²) in [5.41, 5.74) is 8.01. The normalized spacial score (nSPS) is 11.0. The number of rotatable bonds is 9. The van der Waals surface area contributed by atoms with Crippen molar-refractivity contribution in [3.63, 3.8) is 0 Å². The first-order valence-corrected chi connectivity index (χ1v) is 12.0. The molecule has 186 valence electrons. The zero-order chi connectivity index (χ0) is 25.7. The topological polar surface area (TPSA) is 119 Å². The molecule has 1 aromatic heterocycles. The van der Waals surface area contributed by atoms with Gasteiger partial charge in [0, 0.05) is 12.6 Å². The Bertz CT molecular complexity index is 1310. The Morgan fingerprint density at radius 1 is 1.00 bits per heavy atom. The first kappa shape index (κ1) is 25.8. The third kappa shape index (κ3) is 5.48. The molecule has 0 radical (unpaired) electrons. The number of unbranched alkanes of at least 4 members (excludes halogenated alkanes) is 2. The van der Waals surface area contributed by atoms with Crippen LogP contribution in [0.15, 0.2) is 46.0 Å². The van der Waals surface area contributed by atoms with Crippen molar-refractivity contribution in [1.29, 1.82) is 0 Å². The Kier molecular flexibility index (Phi) is 8.17. The first-order valence-electron chi connectivity index (χ1n) is 12.0. The molecule has 4 N–H and O–H groups in total. The van der Waals surface area contributed by atoms with E-state index < -0.39 is 17.2 Å². The second-order valence-corrected chi connectivity index (χ2v) is 8.88. The molecule has 1 heterocycles. The molecule has 0 aliphatic rings. The summed E-state index contributed by atoms with van der Waals surface area (Å²) in [5, 5.41) is 13.4. The number of carbonyl (C=O) groups is 1. The van der Waals surface area contributed by atoms with Crippen LogP contribution in [-0.4, -0.2) is 20.1 Å². The number of aromatic hydroxyl groups is 1. The second-order valence-electron chi connectivity index (χ2n) is 8.88. The van der Waals surface area contributed by atoms with Gasteiger partial charge in [0.2, 0.25) is 0 Å². The maximum Gasteiger partial charge on any atom is 0.337 e. The largest absolute Gasteiger partial charge is 0.507 e. The number of phenolic OH excluding ortho intramolecular Hbond substituents is 1. The predicted molar refractivity (Wildman–Crippen MR) is 140 cm³/mol. The predicted octanol–water partition coefficient (Wildman–Crippen LogP) is 4.07. The van der Waals surface area contributed by atoms with Crippen molar-refractivity contribution in [1.82, 2.24) is 9.13 Å². The van der Waals surface area contributed by atoms with Crippen LogP contribution in [-0.2, 0) is 19.9 Å². The van der Waals surface area contributed by atoms with Gasteiger partial charge in [0.15, 0.2) is 0 Å². The fourth-order valence-corrected chi connectivity index (χ4v) is 3.98. The van der Waals surface area contributed by atoms with Crippen LogP contribution in [0.2, 0.25) is 0 Å². The van der Waals surface area contributed by atoms with E-state index in [9.17, 15) is 19.5 Å². The number of hydrogen-bond donors (Lipinski definition) is 3. The van der Waals surface area contributed by atoms with Gasteiger partial charge in [-0.25, -0.2) is 9.36 Å². The van der Waals surface area contributed by atoms with Crippen molar-refractivity contribution in [2.24, 2.45) is 7.05 Å². The van der Waals surface area contributed by atoms with E-state index in [4.69, 9.17) is 5.73 Å². The number of aromatic nitrogens is 2. The minimum atomic E-state index is -0.694. The standard InChI is InChI=1S/C27H34N4O4/c1-5-7-9-18-15-20(16-19(23(18)32)10-8-6-2)25(33)29-22-24(28)31(27(35)30(4)26(22)34)21-13-11-17(3)12-14-21/h11-16,32H,5-10,28H2,1-4H3,(H,29,33). The molecular formula is C27H34N4O4. The van der Waals surface area contributed by atoms with Crippen molar-refractivity contribution in [2.45, 2.75) is 59.3 Å². The van der Waals surface area contributed by atoms with Gasteiger partial charge in [-0.1, -0.05) is 44.4 Å². The van der Waals surface area contributed by atoms with Gasteiger partial charge < -0.3 is 16.2 Å². The maximum absolute atomic E-state index is 13.3. The van der Waals surface area contributed by atoms with E-state index in [-0.39, 0.29) is 17.3 Å². The van der Waals surface area contributed by atoms with Crippen LogP contribution in [0.25, 0.3) is 5.69 Å². The van der Waals surface area contributed by atoms with Crippen molar-refractivity contribution < 1.29 is 9.90 Å². The Morgan fingerprint density at radius 3 is 2.06 bits per heavy atom. The monoisotopic (exact) mass is 478 g/mol. The zero-order valence-corrected chi connectivity index (χ0v) is 20.9. The lowest BCUT2D eigenvalue weighted by Gasteiger charge is -2.17. The fraction of sp³-hybridized carbons (Fsp3) is 0.370. The van der Waals surface area contributed by atoms with Gasteiger partial charge in [0.25, 0.3) is 11.5 Å². The number of nitrogens with zero attached hydrogens (tertiary/aromatic N) is 2. The molecule has 0 spiro atoms. The van der Waals surface area contributed by atoms with Gasteiger partial charge in [0.1, 0.15) is 17.3 Å². The molecule has 8 nitrogen and oxygen atoms in total. The number of carbonyl (C=O) groups excluding carboxylic acids is 1. The molecular weight excluding hydrogens is 444 g/mol. The summed E-state index contributed by atoms with van der Waals surface area (Å²) in [5.74, 6) is -0.448. The SMILES string of the molecule is CCCCc1cc(C(=O)Nc2c(N)n(-c3ccc(C)cc3)c(=O)n(C)c2=O)cc(CCCC)c1O. The van der Waals surface area contributed by atoms with Gasteiger partial charge in [-0.2, -0.15) is 0 Å². The van der Waals surface area contributed by atoms with E-state index in [0.717, 1.165) is 35.8 Å². The molecule has 2 aromatic carbocycles. The number of nitrogens with one attached hydrogen (secondary N) is 1. The van der Waals surface area contributed by atoms with E-state index in [1.165, 1.54) is 11.6 Å². The summed E-state index contributed by atoms with van der Waals surface area (Å²) >= 11 is 0. The highest BCUT2D eigenvalue weighted by atomic mass is 16.3. The fourth-order valence-electron chi connectivity index (χ4n) is 3.98. The summed E-state index contributed by atoms with van der Waals surface area (Å²) in [6.45, 7) is 6.05. The highest BCUT2D eigenvalue weighted by Gasteiger charge is 2.21. The highest BCUT2D eigenvalue weighted by molar-refractivity contribution is 6.05. The van der Waals surface area contributed by atoms with Crippen molar-refractivity contribution in [2.75, 3.05) is 11.1 Å². The number of aryl methyl sites for hydroxylation is 3. The van der Waals surface area contributed by atoms with E-state index in [2.05, 4.69) is 19.2 Å². The van der Waals surface area contributed by atoms with Crippen LogP contribution in [0, 0.1) is 6.92 Å². The smallest absolute Gasteiger partial charge is 0.337 e. The van der Waals surface area contributed by atoms with E-state index >= 15 is 0 Å². The average molecular weight is 479 g/mol. The molecule has 1 amide bonds. The summed E-state index contributed by atoms with van der Waals surface area (Å²) in [6, 6.07) is 10.4. The van der Waals surface area contributed by atoms with Crippen molar-refractivity contribution >= 4 is 17.4 Å². The minimum absolute atomic E-state index is 0.147. The van der Waals surface area contributed by atoms with Crippen LogP contribution in [0.3, 0.4) is 0 Å². The Hall–Kier alpha value is -3.81. The average Bonchev–Trinajstić information content (AvgIpc) is 2.85. The summed E-state index contributed by atoms with van der Waals surface area (Å²) in [7, 11) is 1.34. The molecule has 3 rings (SSSR count). The minimum Gasteiger partial charge on any atom is -0.507 e. The molecule has 0 atom stereocenters. The van der Waals surface area contributed by atoms with Gasteiger partial charge in [-0.3, -0.25) is 14.2 Å². The van der Waals surface area contributed by atoms with Crippen molar-refractivity contribution in [3.8, 4) is 11.4 Å². The van der Waals surface area contributed by atoms with Gasteiger partial charge >= 0.3 is 5.69 Å². The Morgan fingerprint density at radius 2 is 1.54 bits per heavy atom. The molecule has 3 aromatic rings. The van der Waals surface area contributed by atoms with Gasteiger partial charge in [-0.05, 0) is 68.0 Å². The first-order chi connectivity index (χ1) is 16.7. The molecule has 0 saturated heterocycles. The molecule has 0 fully saturated rings. The van der Waals surface area contributed by atoms with Crippen LogP contribution in [0.4, 0.5) is 11.5 Å². The number of nitrogen functional groups attached to an aromatic ring is 1. The van der Waals surface area contributed by atoms with Crippen LogP contribution in [0.5, 0.6) is 5.75 Å². The zero-order valence-electron chi connectivity index (χ0n) is 20.9. The van der Waals surface area contributed by atoms with Crippen LogP contribution < -0.4 is 22.3 Å². The number of benzene rings is 2. The number of amides is 1. The Balaban J connectivity index is 2.07. The molecule has 0 saturated carbocycles. The van der Waals surface area contributed by atoms with E-state index in [0.29, 0.717) is 35.2 Å². The van der Waals surface area contributed by atoms with Crippen LogP contribution >= 0.6 is 0 Å². The highest BCUT2D eigenvalue weighted by Crippen LogP contribution is 2.28. The summed E-state index contributed by atoms with van der Waals surface area (Å²) in [6.07, 6.45) is 4.94. The van der Waals surface area contributed by atoms with E-state index in [1.54, 1.807) is 24.3 Å². The number of phenols is 1. The molecule has 0 aliphatic heterocycles. The second kappa shape index (κ2) is 11.1. The van der Waals surface area contributed by atoms with Crippen molar-refractivity contribution in [3.05, 3.63) is 79.5 Å². The van der Waals surface area contributed by atoms with Crippen LogP contribution in [0.1, 0.15) is 66.6 Å². The van der Waals surface area contributed by atoms with Gasteiger partial charge in [-0.15, -0.1) is 0 Å². The lowest BCUT2D eigenvalue weighted by molar-refractivity contribution is 0.102. The Labute approximate surface area is 205 Å². The molecule has 35 heavy (non-hydrogen) atoms. The van der Waals surface area contributed by atoms with Gasteiger partial charge in [0.05, 0.1) is 5.69 Å². The number of hydrogen-bond acceptors (Lipinski definition) is 5. The van der Waals surface area contributed by atoms with E-state index in [1.807, 2.05) is 19.1 Å². The maximum atomic E-state index is 13.3. The summed E-state index contributed by atoms with van der Waals surface area (Å²) < 4.78 is 2.12. The third-order valence-electron chi connectivity index (χ3n) is 6.15. The summed E-state index contributed by atoms with van der Waals surface area (Å²) in [4.78, 5) is 39.0. The molecule has 0 aliphatic carbocycles. The molecule has 8 heteroatoms. The number of anilines is 2.